The molecule has 6 heteroatoms. The number of aliphatic hydroxyl groups is 1. The fourth-order valence-electron chi connectivity index (χ4n) is 1.83. The van der Waals surface area contributed by atoms with Crippen molar-refractivity contribution in [2.75, 3.05) is 0 Å². The molecule has 98 valence electrons. The highest BCUT2D eigenvalue weighted by atomic mass is 16.6. The van der Waals surface area contributed by atoms with Gasteiger partial charge in [-0.25, -0.2) is 4.79 Å². The number of amides is 1. The van der Waals surface area contributed by atoms with Gasteiger partial charge in [-0.15, -0.1) is 0 Å². The predicted molar refractivity (Wildman–Crippen MR) is 59.5 cm³/mol. The van der Waals surface area contributed by atoms with E-state index in [0.29, 0.717) is 0 Å². The normalized spacial score (nSPS) is 28.8. The van der Waals surface area contributed by atoms with Crippen LogP contribution in [0.15, 0.2) is 0 Å². The lowest BCUT2D eigenvalue weighted by Gasteiger charge is -2.22. The van der Waals surface area contributed by atoms with Gasteiger partial charge in [-0.05, 0) is 33.6 Å². The second-order valence-electron chi connectivity index (χ2n) is 5.33. The summed E-state index contributed by atoms with van der Waals surface area (Å²) in [5.74, 6) is -1.55. The first-order valence-corrected chi connectivity index (χ1v) is 5.59. The Morgan fingerprint density at radius 2 is 1.88 bits per heavy atom. The quantitative estimate of drug-likeness (QED) is 0.666. The molecular weight excluding hydrogens is 226 g/mol. The first-order chi connectivity index (χ1) is 7.69. The number of rotatable bonds is 2. The molecule has 0 spiro atoms. The first kappa shape index (κ1) is 13.8. The Hall–Kier alpha value is -1.30. The van der Waals surface area contributed by atoms with E-state index in [4.69, 9.17) is 9.84 Å². The van der Waals surface area contributed by atoms with Crippen LogP contribution in [0.1, 0.15) is 33.6 Å². The zero-order valence-electron chi connectivity index (χ0n) is 10.3. The van der Waals surface area contributed by atoms with Crippen molar-refractivity contribution in [2.45, 2.75) is 51.4 Å². The van der Waals surface area contributed by atoms with Gasteiger partial charge in [-0.1, -0.05) is 0 Å². The molecule has 0 radical (unpaired) electrons. The predicted octanol–water partition coefficient (Wildman–Crippen LogP) is 0.735. The standard InChI is InChI=1S/C11H19NO5/c1-11(2,3)17-10(16)12-7-4-6(9(14)15)5-8(7)13/h6-8,13H,4-5H2,1-3H3,(H,12,16)(H,14,15)/t6-,7-,8+/m0/s1. The van der Waals surface area contributed by atoms with Crippen molar-refractivity contribution >= 4 is 12.1 Å². The van der Waals surface area contributed by atoms with Gasteiger partial charge in [0.05, 0.1) is 18.1 Å². The van der Waals surface area contributed by atoms with Crippen LogP contribution in [0.5, 0.6) is 0 Å². The molecule has 17 heavy (non-hydrogen) atoms. The average molecular weight is 245 g/mol. The minimum Gasteiger partial charge on any atom is -0.481 e. The van der Waals surface area contributed by atoms with Crippen LogP contribution in [0.25, 0.3) is 0 Å². The number of hydrogen-bond acceptors (Lipinski definition) is 4. The zero-order chi connectivity index (χ0) is 13.2. The Kier molecular flexibility index (Phi) is 3.98. The van der Waals surface area contributed by atoms with Crippen molar-refractivity contribution in [1.29, 1.82) is 0 Å². The Bertz CT molecular complexity index is 309. The molecule has 0 aromatic heterocycles. The molecule has 3 N–H and O–H groups in total. The molecule has 0 aromatic rings. The van der Waals surface area contributed by atoms with E-state index < -0.39 is 35.7 Å². The number of carboxylic acids is 1. The van der Waals surface area contributed by atoms with Crippen LogP contribution in [0.3, 0.4) is 0 Å². The summed E-state index contributed by atoms with van der Waals surface area (Å²) in [7, 11) is 0. The summed E-state index contributed by atoms with van der Waals surface area (Å²) in [6, 6.07) is -0.550. The SMILES string of the molecule is CC(C)(C)OC(=O)N[C@H]1C[C@H](C(=O)O)C[C@H]1O. The largest absolute Gasteiger partial charge is 0.481 e. The van der Waals surface area contributed by atoms with E-state index in [1.165, 1.54) is 0 Å². The number of carbonyl (C=O) groups is 2. The zero-order valence-corrected chi connectivity index (χ0v) is 10.3. The highest BCUT2D eigenvalue weighted by Crippen LogP contribution is 2.26. The lowest BCUT2D eigenvalue weighted by atomic mass is 10.1. The van der Waals surface area contributed by atoms with E-state index in [1.807, 2.05) is 0 Å². The molecule has 1 fully saturated rings. The number of aliphatic hydroxyl groups excluding tert-OH is 1. The van der Waals surface area contributed by atoms with Crippen molar-refractivity contribution in [1.82, 2.24) is 5.32 Å². The second kappa shape index (κ2) is 4.91. The summed E-state index contributed by atoms with van der Waals surface area (Å²) in [6.45, 7) is 5.20. The minimum absolute atomic E-state index is 0.162. The third-order valence-corrected chi connectivity index (χ3v) is 2.58. The van der Waals surface area contributed by atoms with Gasteiger partial charge < -0.3 is 20.3 Å². The molecule has 6 nitrogen and oxygen atoms in total. The Morgan fingerprint density at radius 3 is 2.29 bits per heavy atom. The van der Waals surface area contributed by atoms with E-state index in [0.717, 1.165) is 0 Å². The van der Waals surface area contributed by atoms with Gasteiger partial charge in [0.1, 0.15) is 5.60 Å². The molecule has 0 saturated heterocycles. The summed E-state index contributed by atoms with van der Waals surface area (Å²) >= 11 is 0. The van der Waals surface area contributed by atoms with Crippen LogP contribution in [0.4, 0.5) is 4.79 Å². The van der Waals surface area contributed by atoms with Crippen LogP contribution in [-0.4, -0.2) is 40.0 Å². The Labute approximate surface area is 100.0 Å². The number of carbonyl (C=O) groups excluding carboxylic acids is 1. The summed E-state index contributed by atoms with van der Waals surface area (Å²) in [6.07, 6.45) is -1.07. The Balaban J connectivity index is 2.47. The lowest BCUT2D eigenvalue weighted by molar-refractivity contribution is -0.141. The van der Waals surface area contributed by atoms with Gasteiger partial charge in [0.25, 0.3) is 0 Å². The molecule has 0 bridgehead atoms. The van der Waals surface area contributed by atoms with E-state index in [-0.39, 0.29) is 12.8 Å². The van der Waals surface area contributed by atoms with E-state index >= 15 is 0 Å². The molecule has 3 atom stereocenters. The number of nitrogens with one attached hydrogen (secondary N) is 1. The highest BCUT2D eigenvalue weighted by molar-refractivity contribution is 5.72. The summed E-state index contributed by atoms with van der Waals surface area (Å²) in [5.41, 5.74) is -0.611. The molecule has 0 aromatic carbocycles. The smallest absolute Gasteiger partial charge is 0.407 e. The number of aliphatic carboxylic acids is 1. The first-order valence-electron chi connectivity index (χ1n) is 5.59. The summed E-state index contributed by atoms with van der Waals surface area (Å²) in [4.78, 5) is 22.2. The maximum atomic E-state index is 11.4. The summed E-state index contributed by atoms with van der Waals surface area (Å²) in [5, 5.41) is 20.9. The third-order valence-electron chi connectivity index (χ3n) is 2.58. The van der Waals surface area contributed by atoms with Crippen molar-refractivity contribution in [3.8, 4) is 0 Å². The average Bonchev–Trinajstić information content (AvgIpc) is 2.44. The maximum Gasteiger partial charge on any atom is 0.407 e. The van der Waals surface area contributed by atoms with Crippen LogP contribution < -0.4 is 5.32 Å². The fourth-order valence-corrected chi connectivity index (χ4v) is 1.83. The second-order valence-corrected chi connectivity index (χ2v) is 5.33. The number of ether oxygens (including phenoxy) is 1. The highest BCUT2D eigenvalue weighted by Gasteiger charge is 2.38. The molecule has 1 amide bonds. The van der Waals surface area contributed by atoms with Gasteiger partial charge in [0.2, 0.25) is 0 Å². The van der Waals surface area contributed by atoms with Crippen LogP contribution in [-0.2, 0) is 9.53 Å². The van der Waals surface area contributed by atoms with Crippen LogP contribution in [0, 0.1) is 5.92 Å². The molecule has 1 aliphatic rings. The number of carboxylic acid groups (broad SMARTS) is 1. The number of alkyl carbamates (subject to hydrolysis) is 1. The van der Waals surface area contributed by atoms with Gasteiger partial charge in [0.15, 0.2) is 0 Å². The molecule has 1 rings (SSSR count). The fraction of sp³-hybridized carbons (Fsp3) is 0.818. The maximum absolute atomic E-state index is 11.4. The van der Waals surface area contributed by atoms with Crippen molar-refractivity contribution in [3.05, 3.63) is 0 Å². The molecule has 0 aliphatic heterocycles. The van der Waals surface area contributed by atoms with Gasteiger partial charge in [0, 0.05) is 0 Å². The number of hydrogen-bond donors (Lipinski definition) is 3. The minimum atomic E-state index is -0.947. The van der Waals surface area contributed by atoms with Crippen LogP contribution in [0.2, 0.25) is 0 Å². The molecule has 0 unspecified atom stereocenters. The summed E-state index contributed by atoms with van der Waals surface area (Å²) < 4.78 is 5.04. The Morgan fingerprint density at radius 1 is 1.29 bits per heavy atom. The van der Waals surface area contributed by atoms with Crippen LogP contribution >= 0.6 is 0 Å². The topological polar surface area (TPSA) is 95.9 Å². The molecular formula is C11H19NO5. The van der Waals surface area contributed by atoms with Crippen molar-refractivity contribution in [2.24, 2.45) is 5.92 Å². The monoisotopic (exact) mass is 245 g/mol. The van der Waals surface area contributed by atoms with E-state index in [9.17, 15) is 14.7 Å². The molecule has 1 saturated carbocycles. The van der Waals surface area contributed by atoms with Crippen molar-refractivity contribution in [3.63, 3.8) is 0 Å². The molecule has 1 aliphatic carbocycles. The van der Waals surface area contributed by atoms with Gasteiger partial charge in [-0.2, -0.15) is 0 Å². The van der Waals surface area contributed by atoms with E-state index in [1.54, 1.807) is 20.8 Å². The van der Waals surface area contributed by atoms with E-state index in [2.05, 4.69) is 5.32 Å². The third kappa shape index (κ3) is 4.22. The van der Waals surface area contributed by atoms with Gasteiger partial charge >= 0.3 is 12.1 Å². The molecule has 0 heterocycles. The van der Waals surface area contributed by atoms with Crippen molar-refractivity contribution < 1.29 is 24.5 Å². The lowest BCUT2D eigenvalue weighted by Crippen LogP contribution is -2.42. The van der Waals surface area contributed by atoms with Gasteiger partial charge in [-0.3, -0.25) is 4.79 Å².